The minimum absolute atomic E-state index is 0.116. The summed E-state index contributed by atoms with van der Waals surface area (Å²) in [5.74, 6) is -0.812. The van der Waals surface area contributed by atoms with Crippen molar-refractivity contribution in [2.45, 2.75) is 6.42 Å². The van der Waals surface area contributed by atoms with Crippen LogP contribution in [0, 0.1) is 5.82 Å². The molecule has 2 N–H and O–H groups in total. The standard InChI is InChI=1S/C15H11ClFN3O/c16-12-2-1-3-13(17)11(12)7-15(21)19-10-4-5-14-9(6-10)8-18-20-14/h1-6,8H,7H2,(H,18,20)(H,19,21). The zero-order valence-corrected chi connectivity index (χ0v) is 11.6. The van der Waals surface area contributed by atoms with Crippen LogP contribution >= 0.6 is 11.6 Å². The summed E-state index contributed by atoms with van der Waals surface area (Å²) in [7, 11) is 0. The molecule has 1 heterocycles. The van der Waals surface area contributed by atoms with Crippen LogP contribution in [0.3, 0.4) is 0 Å². The predicted molar refractivity (Wildman–Crippen MR) is 79.8 cm³/mol. The van der Waals surface area contributed by atoms with Crippen molar-refractivity contribution >= 4 is 34.1 Å². The zero-order valence-electron chi connectivity index (χ0n) is 10.9. The lowest BCUT2D eigenvalue weighted by Gasteiger charge is -2.07. The van der Waals surface area contributed by atoms with Gasteiger partial charge in [-0.25, -0.2) is 4.39 Å². The van der Waals surface area contributed by atoms with Crippen LogP contribution in [-0.2, 0) is 11.2 Å². The summed E-state index contributed by atoms with van der Waals surface area (Å²) in [6, 6.07) is 9.71. The molecule has 0 radical (unpaired) electrons. The lowest BCUT2D eigenvalue weighted by molar-refractivity contribution is -0.115. The Kier molecular flexibility index (Phi) is 3.58. The maximum Gasteiger partial charge on any atom is 0.228 e. The Morgan fingerprint density at radius 3 is 3.00 bits per heavy atom. The molecule has 106 valence electrons. The highest BCUT2D eigenvalue weighted by Crippen LogP contribution is 2.21. The van der Waals surface area contributed by atoms with Gasteiger partial charge in [0.1, 0.15) is 5.82 Å². The van der Waals surface area contributed by atoms with Gasteiger partial charge in [-0.3, -0.25) is 9.89 Å². The molecule has 21 heavy (non-hydrogen) atoms. The molecule has 0 aliphatic carbocycles. The second-order valence-electron chi connectivity index (χ2n) is 4.60. The third-order valence-corrected chi connectivity index (χ3v) is 3.48. The van der Waals surface area contributed by atoms with E-state index in [1.807, 2.05) is 6.07 Å². The van der Waals surface area contributed by atoms with Crippen LogP contribution in [0.4, 0.5) is 10.1 Å². The number of hydrogen-bond donors (Lipinski definition) is 2. The molecule has 0 fully saturated rings. The molecule has 0 saturated carbocycles. The second-order valence-corrected chi connectivity index (χ2v) is 5.00. The van der Waals surface area contributed by atoms with E-state index in [2.05, 4.69) is 15.5 Å². The molecule has 0 aliphatic heterocycles. The van der Waals surface area contributed by atoms with Crippen LogP contribution in [0.5, 0.6) is 0 Å². The number of H-pyrrole nitrogens is 1. The van der Waals surface area contributed by atoms with Gasteiger partial charge in [-0.15, -0.1) is 0 Å². The maximum absolute atomic E-state index is 13.6. The van der Waals surface area contributed by atoms with Crippen LogP contribution in [0.15, 0.2) is 42.6 Å². The van der Waals surface area contributed by atoms with Crippen LogP contribution in [-0.4, -0.2) is 16.1 Å². The number of halogens is 2. The van der Waals surface area contributed by atoms with Gasteiger partial charge in [-0.2, -0.15) is 5.10 Å². The predicted octanol–water partition coefficient (Wildman–Crippen LogP) is 3.54. The lowest BCUT2D eigenvalue weighted by Crippen LogP contribution is -2.15. The highest BCUT2D eigenvalue weighted by Gasteiger charge is 2.12. The first-order valence-electron chi connectivity index (χ1n) is 6.29. The van der Waals surface area contributed by atoms with E-state index in [-0.39, 0.29) is 22.9 Å². The Balaban J connectivity index is 1.77. The summed E-state index contributed by atoms with van der Waals surface area (Å²) in [6.45, 7) is 0. The van der Waals surface area contributed by atoms with Gasteiger partial charge in [0.2, 0.25) is 5.91 Å². The van der Waals surface area contributed by atoms with E-state index in [0.717, 1.165) is 10.9 Å². The van der Waals surface area contributed by atoms with Gasteiger partial charge in [-0.05, 0) is 30.3 Å². The van der Waals surface area contributed by atoms with E-state index < -0.39 is 5.82 Å². The lowest BCUT2D eigenvalue weighted by atomic mass is 10.1. The third kappa shape index (κ3) is 2.87. The minimum atomic E-state index is -0.483. The number of fused-ring (bicyclic) bond motifs is 1. The van der Waals surface area contributed by atoms with Crippen molar-refractivity contribution < 1.29 is 9.18 Å². The fourth-order valence-corrected chi connectivity index (χ4v) is 2.32. The largest absolute Gasteiger partial charge is 0.326 e. The molecule has 0 saturated heterocycles. The topological polar surface area (TPSA) is 57.8 Å². The Bertz CT molecular complexity index is 795. The summed E-state index contributed by atoms with van der Waals surface area (Å²) in [5, 5.41) is 10.6. The molecule has 0 atom stereocenters. The number of amides is 1. The van der Waals surface area contributed by atoms with E-state index in [4.69, 9.17) is 11.6 Å². The Labute approximate surface area is 124 Å². The molecule has 6 heteroatoms. The Morgan fingerprint density at radius 2 is 2.19 bits per heavy atom. The van der Waals surface area contributed by atoms with Crippen molar-refractivity contribution in [3.05, 3.63) is 59.0 Å². The van der Waals surface area contributed by atoms with Crippen LogP contribution < -0.4 is 5.32 Å². The van der Waals surface area contributed by atoms with E-state index in [9.17, 15) is 9.18 Å². The molecule has 2 aromatic carbocycles. The molecule has 4 nitrogen and oxygen atoms in total. The van der Waals surface area contributed by atoms with Gasteiger partial charge in [0.05, 0.1) is 18.1 Å². The van der Waals surface area contributed by atoms with Crippen molar-refractivity contribution in [1.82, 2.24) is 10.2 Å². The number of aromatic nitrogens is 2. The van der Waals surface area contributed by atoms with E-state index in [0.29, 0.717) is 5.69 Å². The number of benzene rings is 2. The molecule has 0 unspecified atom stereocenters. The molecular weight excluding hydrogens is 293 g/mol. The molecule has 1 amide bonds. The maximum atomic E-state index is 13.6. The van der Waals surface area contributed by atoms with Gasteiger partial charge >= 0.3 is 0 Å². The number of carbonyl (C=O) groups is 1. The van der Waals surface area contributed by atoms with Crippen LogP contribution in [0.2, 0.25) is 5.02 Å². The summed E-state index contributed by atoms with van der Waals surface area (Å²) < 4.78 is 13.6. The van der Waals surface area contributed by atoms with Crippen molar-refractivity contribution in [3.63, 3.8) is 0 Å². The van der Waals surface area contributed by atoms with E-state index in [1.165, 1.54) is 12.1 Å². The normalized spacial score (nSPS) is 10.8. The molecule has 1 aromatic heterocycles. The summed E-state index contributed by atoms with van der Waals surface area (Å²) >= 11 is 5.91. The zero-order chi connectivity index (χ0) is 14.8. The number of anilines is 1. The van der Waals surface area contributed by atoms with Crippen LogP contribution in [0.25, 0.3) is 10.9 Å². The molecule has 0 aliphatic rings. The van der Waals surface area contributed by atoms with Crippen LogP contribution in [0.1, 0.15) is 5.56 Å². The fourth-order valence-electron chi connectivity index (χ4n) is 2.09. The van der Waals surface area contributed by atoms with E-state index >= 15 is 0 Å². The Hall–Kier alpha value is -2.40. The third-order valence-electron chi connectivity index (χ3n) is 3.12. The monoisotopic (exact) mass is 303 g/mol. The van der Waals surface area contributed by atoms with Crippen molar-refractivity contribution in [2.75, 3.05) is 5.32 Å². The number of hydrogen-bond acceptors (Lipinski definition) is 2. The summed E-state index contributed by atoms with van der Waals surface area (Å²) in [4.78, 5) is 12.0. The van der Waals surface area contributed by atoms with Gasteiger partial charge < -0.3 is 5.32 Å². The van der Waals surface area contributed by atoms with Crippen molar-refractivity contribution in [2.24, 2.45) is 0 Å². The minimum Gasteiger partial charge on any atom is -0.326 e. The second kappa shape index (κ2) is 5.54. The highest BCUT2D eigenvalue weighted by atomic mass is 35.5. The summed E-state index contributed by atoms with van der Waals surface area (Å²) in [6.07, 6.45) is 1.55. The SMILES string of the molecule is O=C(Cc1c(F)cccc1Cl)Nc1ccc2[nH]ncc2c1. The van der Waals surface area contributed by atoms with Gasteiger partial charge in [0.25, 0.3) is 0 Å². The molecule has 3 aromatic rings. The Morgan fingerprint density at radius 1 is 1.33 bits per heavy atom. The number of nitrogens with zero attached hydrogens (tertiary/aromatic N) is 1. The quantitative estimate of drug-likeness (QED) is 0.777. The fraction of sp³-hybridized carbons (Fsp3) is 0.0667. The van der Waals surface area contributed by atoms with Gasteiger partial charge in [-0.1, -0.05) is 17.7 Å². The van der Waals surface area contributed by atoms with Gasteiger partial charge in [0.15, 0.2) is 0 Å². The molecule has 0 bridgehead atoms. The van der Waals surface area contributed by atoms with Gasteiger partial charge in [0, 0.05) is 21.7 Å². The smallest absolute Gasteiger partial charge is 0.228 e. The molecule has 3 rings (SSSR count). The first-order chi connectivity index (χ1) is 10.1. The first-order valence-corrected chi connectivity index (χ1v) is 6.67. The first kappa shape index (κ1) is 13.6. The molecule has 0 spiro atoms. The highest BCUT2D eigenvalue weighted by molar-refractivity contribution is 6.31. The molecular formula is C15H11ClFN3O. The van der Waals surface area contributed by atoms with Crippen molar-refractivity contribution in [1.29, 1.82) is 0 Å². The average molecular weight is 304 g/mol. The number of carbonyl (C=O) groups excluding carboxylic acids is 1. The number of nitrogens with one attached hydrogen (secondary N) is 2. The average Bonchev–Trinajstić information content (AvgIpc) is 2.90. The number of rotatable bonds is 3. The van der Waals surface area contributed by atoms with E-state index in [1.54, 1.807) is 24.4 Å². The summed E-state index contributed by atoms with van der Waals surface area (Å²) in [5.41, 5.74) is 1.70. The van der Waals surface area contributed by atoms with Crippen molar-refractivity contribution in [3.8, 4) is 0 Å². The number of aromatic amines is 1.